The smallest absolute Gasteiger partial charge is 0.242 e. The SMILES string of the molecule is CN(CC(C)(C)c1ccccc1)S(=O)(=O)c1ccc2c(c1)CC(=O)N2. The first-order valence-corrected chi connectivity index (χ1v) is 9.59. The van der Waals surface area contributed by atoms with E-state index in [2.05, 4.69) is 5.32 Å². The summed E-state index contributed by atoms with van der Waals surface area (Å²) in [6, 6.07) is 14.7. The minimum absolute atomic E-state index is 0.108. The van der Waals surface area contributed by atoms with Gasteiger partial charge >= 0.3 is 0 Å². The minimum Gasteiger partial charge on any atom is -0.326 e. The summed E-state index contributed by atoms with van der Waals surface area (Å²) in [5.41, 5.74) is 2.18. The van der Waals surface area contributed by atoms with Gasteiger partial charge < -0.3 is 5.32 Å². The van der Waals surface area contributed by atoms with Gasteiger partial charge in [-0.05, 0) is 29.3 Å². The van der Waals surface area contributed by atoms with Gasteiger partial charge in [-0.15, -0.1) is 0 Å². The Balaban J connectivity index is 1.85. The van der Waals surface area contributed by atoms with Crippen LogP contribution >= 0.6 is 0 Å². The number of nitrogens with one attached hydrogen (secondary N) is 1. The molecule has 0 bridgehead atoms. The lowest BCUT2D eigenvalue weighted by Gasteiger charge is -2.30. The van der Waals surface area contributed by atoms with Crippen molar-refractivity contribution in [1.82, 2.24) is 4.31 Å². The normalized spacial score (nSPS) is 14.5. The predicted octanol–water partition coefficient (Wildman–Crippen LogP) is 2.78. The fourth-order valence-corrected chi connectivity index (χ4v) is 4.55. The van der Waals surface area contributed by atoms with Crippen LogP contribution in [0.3, 0.4) is 0 Å². The van der Waals surface area contributed by atoms with Crippen molar-refractivity contribution in [3.63, 3.8) is 0 Å². The Morgan fingerprint density at radius 2 is 1.80 bits per heavy atom. The molecule has 2 aromatic rings. The Morgan fingerprint density at radius 3 is 2.48 bits per heavy atom. The molecule has 1 heterocycles. The van der Waals surface area contributed by atoms with Gasteiger partial charge in [-0.25, -0.2) is 12.7 Å². The van der Waals surface area contributed by atoms with Crippen LogP contribution in [0.4, 0.5) is 5.69 Å². The Labute approximate surface area is 148 Å². The van der Waals surface area contributed by atoms with Crippen molar-refractivity contribution in [2.24, 2.45) is 0 Å². The number of benzene rings is 2. The number of hydrogen-bond donors (Lipinski definition) is 1. The second-order valence-corrected chi connectivity index (χ2v) is 9.10. The summed E-state index contributed by atoms with van der Waals surface area (Å²) in [7, 11) is -2.03. The van der Waals surface area contributed by atoms with Crippen molar-refractivity contribution >= 4 is 21.6 Å². The third-order valence-corrected chi connectivity index (χ3v) is 6.38. The monoisotopic (exact) mass is 358 g/mol. The van der Waals surface area contributed by atoms with Gasteiger partial charge in [-0.2, -0.15) is 0 Å². The third kappa shape index (κ3) is 3.45. The molecule has 6 heteroatoms. The zero-order valence-corrected chi connectivity index (χ0v) is 15.4. The maximum atomic E-state index is 12.9. The molecule has 2 aromatic carbocycles. The second-order valence-electron chi connectivity index (χ2n) is 7.05. The fourth-order valence-electron chi connectivity index (χ4n) is 3.17. The van der Waals surface area contributed by atoms with Crippen LogP contribution in [-0.4, -0.2) is 32.2 Å². The Morgan fingerprint density at radius 1 is 1.12 bits per heavy atom. The Kier molecular flexibility index (Phi) is 4.43. The van der Waals surface area contributed by atoms with Crippen molar-refractivity contribution in [2.75, 3.05) is 18.9 Å². The highest BCUT2D eigenvalue weighted by Crippen LogP contribution is 2.29. The molecule has 25 heavy (non-hydrogen) atoms. The molecular weight excluding hydrogens is 336 g/mol. The minimum atomic E-state index is -3.62. The summed E-state index contributed by atoms with van der Waals surface area (Å²) < 4.78 is 27.3. The van der Waals surface area contributed by atoms with E-state index in [1.54, 1.807) is 25.2 Å². The number of hydrogen-bond acceptors (Lipinski definition) is 3. The van der Waals surface area contributed by atoms with Gasteiger partial charge in [0.05, 0.1) is 11.3 Å². The van der Waals surface area contributed by atoms with E-state index >= 15 is 0 Å². The summed E-state index contributed by atoms with van der Waals surface area (Å²) in [6.07, 6.45) is 0.220. The number of likely N-dealkylation sites (N-methyl/N-ethyl adjacent to an activating group) is 1. The first kappa shape index (κ1) is 17.6. The van der Waals surface area contributed by atoms with E-state index < -0.39 is 10.0 Å². The average Bonchev–Trinajstić information content (AvgIpc) is 2.94. The van der Waals surface area contributed by atoms with Crippen molar-refractivity contribution in [1.29, 1.82) is 0 Å². The molecule has 132 valence electrons. The molecular formula is C19H22N2O3S. The molecule has 1 aliphatic rings. The predicted molar refractivity (Wildman–Crippen MR) is 98.1 cm³/mol. The van der Waals surface area contributed by atoms with E-state index in [0.29, 0.717) is 12.2 Å². The van der Waals surface area contributed by atoms with Gasteiger partial charge in [-0.1, -0.05) is 44.2 Å². The fraction of sp³-hybridized carbons (Fsp3) is 0.316. The van der Waals surface area contributed by atoms with Crippen LogP contribution in [0.25, 0.3) is 0 Å². The summed E-state index contributed by atoms with van der Waals surface area (Å²) in [5.74, 6) is -0.108. The van der Waals surface area contributed by atoms with E-state index in [-0.39, 0.29) is 22.6 Å². The van der Waals surface area contributed by atoms with Crippen LogP contribution in [0, 0.1) is 0 Å². The van der Waals surface area contributed by atoms with Crippen LogP contribution in [0.1, 0.15) is 25.0 Å². The number of carbonyl (C=O) groups is 1. The molecule has 0 atom stereocenters. The molecule has 0 aromatic heterocycles. The summed E-state index contributed by atoms with van der Waals surface area (Å²) in [4.78, 5) is 11.7. The van der Waals surface area contributed by atoms with E-state index in [0.717, 1.165) is 11.1 Å². The number of sulfonamides is 1. The second kappa shape index (κ2) is 6.28. The lowest BCUT2D eigenvalue weighted by Crippen LogP contribution is -2.38. The first-order valence-electron chi connectivity index (χ1n) is 8.15. The molecule has 0 fully saturated rings. The quantitative estimate of drug-likeness (QED) is 0.894. The number of fused-ring (bicyclic) bond motifs is 1. The highest BCUT2D eigenvalue weighted by Gasteiger charge is 2.30. The van der Waals surface area contributed by atoms with Crippen LogP contribution in [-0.2, 0) is 26.7 Å². The molecule has 1 amide bonds. The maximum Gasteiger partial charge on any atom is 0.242 e. The van der Waals surface area contributed by atoms with Gasteiger partial charge in [0.15, 0.2) is 0 Å². The zero-order valence-electron chi connectivity index (χ0n) is 14.6. The number of carbonyl (C=O) groups excluding carboxylic acids is 1. The molecule has 5 nitrogen and oxygen atoms in total. The van der Waals surface area contributed by atoms with E-state index in [1.165, 1.54) is 4.31 Å². The van der Waals surface area contributed by atoms with Gasteiger partial charge in [0, 0.05) is 24.7 Å². The van der Waals surface area contributed by atoms with Crippen molar-refractivity contribution in [2.45, 2.75) is 30.6 Å². The highest BCUT2D eigenvalue weighted by atomic mass is 32.2. The lowest BCUT2D eigenvalue weighted by molar-refractivity contribution is -0.115. The molecule has 0 unspecified atom stereocenters. The highest BCUT2D eigenvalue weighted by molar-refractivity contribution is 7.89. The maximum absolute atomic E-state index is 12.9. The van der Waals surface area contributed by atoms with Crippen LogP contribution in [0.5, 0.6) is 0 Å². The number of amides is 1. The molecule has 3 rings (SSSR count). The number of anilines is 1. The van der Waals surface area contributed by atoms with Crippen LogP contribution < -0.4 is 5.32 Å². The topological polar surface area (TPSA) is 66.5 Å². The Bertz CT molecular complexity index is 906. The summed E-state index contributed by atoms with van der Waals surface area (Å²) in [5, 5.41) is 2.72. The molecule has 0 spiro atoms. The van der Waals surface area contributed by atoms with Crippen LogP contribution in [0.15, 0.2) is 53.4 Å². The van der Waals surface area contributed by atoms with E-state index in [9.17, 15) is 13.2 Å². The third-order valence-electron chi connectivity index (χ3n) is 4.58. The number of nitrogens with zero attached hydrogens (tertiary/aromatic N) is 1. The van der Waals surface area contributed by atoms with Crippen molar-refractivity contribution < 1.29 is 13.2 Å². The van der Waals surface area contributed by atoms with Gasteiger partial charge in [-0.3, -0.25) is 4.79 Å². The molecule has 0 saturated heterocycles. The summed E-state index contributed by atoms with van der Waals surface area (Å²) in [6.45, 7) is 4.41. The average molecular weight is 358 g/mol. The molecule has 0 radical (unpaired) electrons. The zero-order chi connectivity index (χ0) is 18.2. The van der Waals surface area contributed by atoms with Crippen molar-refractivity contribution in [3.8, 4) is 0 Å². The molecule has 0 aliphatic carbocycles. The lowest BCUT2D eigenvalue weighted by atomic mass is 9.85. The van der Waals surface area contributed by atoms with E-state index in [1.807, 2.05) is 44.2 Å². The van der Waals surface area contributed by atoms with Crippen LogP contribution in [0.2, 0.25) is 0 Å². The first-order chi connectivity index (χ1) is 11.7. The largest absolute Gasteiger partial charge is 0.326 e. The summed E-state index contributed by atoms with van der Waals surface area (Å²) >= 11 is 0. The van der Waals surface area contributed by atoms with Gasteiger partial charge in [0.2, 0.25) is 15.9 Å². The molecule has 0 saturated carbocycles. The molecule has 1 aliphatic heterocycles. The Hall–Kier alpha value is -2.18. The standard InChI is InChI=1S/C19H22N2O3S/c1-19(2,15-7-5-4-6-8-15)13-21(3)25(23,24)16-9-10-17-14(11-16)12-18(22)20-17/h4-11H,12-13H2,1-3H3,(H,20,22). The molecule has 1 N–H and O–H groups in total. The van der Waals surface area contributed by atoms with Crippen molar-refractivity contribution in [3.05, 3.63) is 59.7 Å². The number of rotatable bonds is 5. The van der Waals surface area contributed by atoms with Gasteiger partial charge in [0.25, 0.3) is 0 Å². The van der Waals surface area contributed by atoms with Gasteiger partial charge in [0.1, 0.15) is 0 Å². The van der Waals surface area contributed by atoms with E-state index in [4.69, 9.17) is 0 Å².